The van der Waals surface area contributed by atoms with E-state index in [0.29, 0.717) is 6.42 Å². The van der Waals surface area contributed by atoms with E-state index in [4.69, 9.17) is 14.6 Å². The van der Waals surface area contributed by atoms with Crippen molar-refractivity contribution in [1.82, 2.24) is 9.80 Å². The Morgan fingerprint density at radius 2 is 0.912 bits per heavy atom. The normalized spacial score (nSPS) is 17.3. The van der Waals surface area contributed by atoms with E-state index in [-0.39, 0.29) is 0 Å². The molecule has 0 radical (unpaired) electrons. The molecule has 0 aromatic carbocycles. The summed E-state index contributed by atoms with van der Waals surface area (Å²) in [6.45, 7) is 12.7. The van der Waals surface area contributed by atoms with Crippen LogP contribution in [0.25, 0.3) is 0 Å². The molecular weight excluding hydrogens is 428 g/mol. The Hall–Kier alpha value is -0.690. The number of hydrogen-bond acceptors (Lipinski definition) is 5. The van der Waals surface area contributed by atoms with Gasteiger partial charge in [-0.3, -0.25) is 14.6 Å². The van der Waals surface area contributed by atoms with Gasteiger partial charge in [-0.1, -0.05) is 96.8 Å². The molecule has 2 aliphatic rings. The van der Waals surface area contributed by atoms with Crippen LogP contribution in [0.5, 0.6) is 0 Å². The summed E-state index contributed by atoms with van der Waals surface area (Å²) in [5.74, 6) is -0.653. The number of aliphatic carboxylic acids is 1. The van der Waals surface area contributed by atoms with E-state index in [0.717, 1.165) is 65.4 Å². The van der Waals surface area contributed by atoms with Gasteiger partial charge in [0.1, 0.15) is 0 Å². The van der Waals surface area contributed by atoms with E-state index in [1.54, 1.807) is 0 Å². The average molecular weight is 485 g/mol. The van der Waals surface area contributed by atoms with Crippen LogP contribution < -0.4 is 0 Å². The second-order valence-corrected chi connectivity index (χ2v) is 10.0. The van der Waals surface area contributed by atoms with Gasteiger partial charge < -0.3 is 14.6 Å². The highest BCUT2D eigenvalue weighted by Crippen LogP contribution is 2.13. The molecule has 6 nitrogen and oxygen atoms in total. The topological polar surface area (TPSA) is 62.2 Å². The van der Waals surface area contributed by atoms with Crippen molar-refractivity contribution in [1.29, 1.82) is 0 Å². The molecule has 1 N–H and O–H groups in total. The summed E-state index contributed by atoms with van der Waals surface area (Å²) in [6.07, 6.45) is 20.2. The van der Waals surface area contributed by atoms with Gasteiger partial charge in [-0.2, -0.15) is 0 Å². The smallest absolute Gasteiger partial charge is 0.303 e. The van der Waals surface area contributed by atoms with Crippen LogP contribution in [0.1, 0.15) is 110 Å². The SMILES string of the molecule is C1CN(CCN2CCOCC2)CCO1.CCCCCCCCCCCCCCCCCC(=O)O. The van der Waals surface area contributed by atoms with Crippen molar-refractivity contribution in [3.63, 3.8) is 0 Å². The molecule has 6 heteroatoms. The van der Waals surface area contributed by atoms with Gasteiger partial charge in [0, 0.05) is 45.7 Å². The molecule has 0 spiro atoms. The molecule has 2 heterocycles. The van der Waals surface area contributed by atoms with Crippen LogP contribution in [0.2, 0.25) is 0 Å². The number of carboxylic acids is 1. The van der Waals surface area contributed by atoms with E-state index in [2.05, 4.69) is 16.7 Å². The van der Waals surface area contributed by atoms with Gasteiger partial charge >= 0.3 is 5.97 Å². The first-order valence-corrected chi connectivity index (χ1v) is 14.5. The summed E-state index contributed by atoms with van der Waals surface area (Å²) in [7, 11) is 0. The summed E-state index contributed by atoms with van der Waals surface area (Å²) in [5.41, 5.74) is 0. The third kappa shape index (κ3) is 20.7. The number of rotatable bonds is 19. The van der Waals surface area contributed by atoms with Gasteiger partial charge in [-0.15, -0.1) is 0 Å². The monoisotopic (exact) mass is 484 g/mol. The highest BCUT2D eigenvalue weighted by molar-refractivity contribution is 5.66. The van der Waals surface area contributed by atoms with Crippen molar-refractivity contribution in [3.8, 4) is 0 Å². The van der Waals surface area contributed by atoms with Gasteiger partial charge in [0.15, 0.2) is 0 Å². The van der Waals surface area contributed by atoms with Gasteiger partial charge in [0.05, 0.1) is 26.4 Å². The minimum atomic E-state index is -0.653. The number of hydrogen-bond donors (Lipinski definition) is 1. The van der Waals surface area contributed by atoms with Gasteiger partial charge in [-0.05, 0) is 6.42 Å². The first-order chi connectivity index (χ1) is 16.7. The number of morpholine rings is 2. The second kappa shape index (κ2) is 24.0. The van der Waals surface area contributed by atoms with Crippen LogP contribution in [0.4, 0.5) is 0 Å². The fraction of sp³-hybridized carbons (Fsp3) is 0.964. The van der Waals surface area contributed by atoms with Crippen molar-refractivity contribution >= 4 is 5.97 Å². The molecule has 2 fully saturated rings. The maximum Gasteiger partial charge on any atom is 0.303 e. The third-order valence-electron chi connectivity index (χ3n) is 6.93. The molecule has 0 atom stereocenters. The number of carboxylic acid groups (broad SMARTS) is 1. The Labute approximate surface area is 210 Å². The summed E-state index contributed by atoms with van der Waals surface area (Å²) >= 11 is 0. The first-order valence-electron chi connectivity index (χ1n) is 14.5. The van der Waals surface area contributed by atoms with Gasteiger partial charge in [-0.25, -0.2) is 0 Å². The Bertz CT molecular complexity index is 420. The largest absolute Gasteiger partial charge is 0.481 e. The average Bonchev–Trinajstić information content (AvgIpc) is 2.86. The molecule has 0 amide bonds. The van der Waals surface area contributed by atoms with Crippen LogP contribution in [0.15, 0.2) is 0 Å². The quantitative estimate of drug-likeness (QED) is 0.227. The van der Waals surface area contributed by atoms with Crippen LogP contribution >= 0.6 is 0 Å². The zero-order chi connectivity index (χ0) is 24.5. The Kier molecular flexibility index (Phi) is 22.1. The molecule has 0 aliphatic carbocycles. The maximum atomic E-state index is 10.3. The Balaban J connectivity index is 0.000000358. The van der Waals surface area contributed by atoms with Crippen molar-refractivity contribution in [2.24, 2.45) is 0 Å². The molecular formula is C28H56N2O4. The summed E-state index contributed by atoms with van der Waals surface area (Å²) in [6, 6.07) is 0. The van der Waals surface area contributed by atoms with Gasteiger partial charge in [0.25, 0.3) is 0 Å². The number of carbonyl (C=O) groups is 1. The lowest BCUT2D eigenvalue weighted by atomic mass is 10.0. The molecule has 0 saturated carbocycles. The standard InChI is InChI=1S/C18H36O2.C10H20N2O2/c1-2-3-4-5-6-7-8-9-10-11-12-13-14-15-16-17-18(19)20;1(11-3-7-13-8-4-11)2-12-5-9-14-10-6-12/h2-17H2,1H3,(H,19,20);1-10H2. The lowest BCUT2D eigenvalue weighted by molar-refractivity contribution is -0.137. The fourth-order valence-corrected chi connectivity index (χ4v) is 4.58. The molecule has 2 rings (SSSR count). The summed E-state index contributed by atoms with van der Waals surface area (Å²) < 4.78 is 10.6. The highest BCUT2D eigenvalue weighted by atomic mass is 16.5. The fourth-order valence-electron chi connectivity index (χ4n) is 4.58. The lowest BCUT2D eigenvalue weighted by Crippen LogP contribution is -2.44. The highest BCUT2D eigenvalue weighted by Gasteiger charge is 2.14. The minimum Gasteiger partial charge on any atom is -0.481 e. The predicted molar refractivity (Wildman–Crippen MR) is 142 cm³/mol. The lowest BCUT2D eigenvalue weighted by Gasteiger charge is -2.31. The van der Waals surface area contributed by atoms with Gasteiger partial charge in [0.2, 0.25) is 0 Å². The Morgan fingerprint density at radius 1 is 0.588 bits per heavy atom. The second-order valence-electron chi connectivity index (χ2n) is 10.0. The molecule has 0 bridgehead atoms. The molecule has 2 aliphatic heterocycles. The first kappa shape index (κ1) is 31.3. The van der Waals surface area contributed by atoms with E-state index < -0.39 is 5.97 Å². The van der Waals surface area contributed by atoms with Crippen molar-refractivity contribution in [2.45, 2.75) is 110 Å². The summed E-state index contributed by atoms with van der Waals surface area (Å²) in [5, 5.41) is 8.52. The van der Waals surface area contributed by atoms with Crippen LogP contribution in [-0.4, -0.2) is 86.6 Å². The molecule has 202 valence electrons. The number of nitrogens with zero attached hydrogens (tertiary/aromatic N) is 2. The van der Waals surface area contributed by atoms with E-state index in [1.807, 2.05) is 0 Å². The summed E-state index contributed by atoms with van der Waals surface area (Å²) in [4.78, 5) is 15.3. The molecule has 0 aromatic heterocycles. The molecule has 0 aromatic rings. The van der Waals surface area contributed by atoms with Crippen LogP contribution in [0.3, 0.4) is 0 Å². The zero-order valence-corrected chi connectivity index (χ0v) is 22.5. The molecule has 2 saturated heterocycles. The third-order valence-corrected chi connectivity index (χ3v) is 6.93. The van der Waals surface area contributed by atoms with Crippen LogP contribution in [0, 0.1) is 0 Å². The predicted octanol–water partition coefficient (Wildman–Crippen LogP) is 5.98. The minimum absolute atomic E-state index is 0.345. The zero-order valence-electron chi connectivity index (χ0n) is 22.5. The van der Waals surface area contributed by atoms with Crippen LogP contribution in [-0.2, 0) is 14.3 Å². The van der Waals surface area contributed by atoms with Crippen molar-refractivity contribution in [2.75, 3.05) is 65.7 Å². The van der Waals surface area contributed by atoms with E-state index in [9.17, 15) is 4.79 Å². The Morgan fingerprint density at radius 3 is 1.24 bits per heavy atom. The van der Waals surface area contributed by atoms with E-state index in [1.165, 1.54) is 96.6 Å². The van der Waals surface area contributed by atoms with Crippen molar-refractivity contribution in [3.05, 3.63) is 0 Å². The molecule has 0 unspecified atom stereocenters. The van der Waals surface area contributed by atoms with E-state index >= 15 is 0 Å². The molecule has 34 heavy (non-hydrogen) atoms. The maximum absolute atomic E-state index is 10.3. The number of ether oxygens (including phenoxy) is 2. The number of unbranched alkanes of at least 4 members (excludes halogenated alkanes) is 14. The van der Waals surface area contributed by atoms with Crippen molar-refractivity contribution < 1.29 is 19.4 Å².